The first-order valence-corrected chi connectivity index (χ1v) is 9.27. The van der Waals surface area contributed by atoms with Crippen LogP contribution in [0.2, 0.25) is 0 Å². The number of fused-ring (bicyclic) bond motifs is 1. The van der Waals surface area contributed by atoms with E-state index in [1.165, 1.54) is 6.07 Å². The van der Waals surface area contributed by atoms with Crippen LogP contribution in [0, 0.1) is 15.5 Å². The lowest BCUT2D eigenvalue weighted by Gasteiger charge is -2.18. The molecule has 0 fully saturated rings. The number of amides is 1. The zero-order chi connectivity index (χ0) is 21.0. The van der Waals surface area contributed by atoms with Gasteiger partial charge in [-0.25, -0.2) is 0 Å². The van der Waals surface area contributed by atoms with E-state index in [1.807, 2.05) is 30.3 Å². The Morgan fingerprint density at radius 2 is 1.90 bits per heavy atom. The second-order valence-electron chi connectivity index (χ2n) is 7.74. The van der Waals surface area contributed by atoms with E-state index < -0.39 is 10.3 Å². The highest BCUT2D eigenvalue weighted by Gasteiger charge is 2.25. The molecule has 0 aliphatic rings. The molecule has 0 aliphatic heterocycles. The third-order valence-electron chi connectivity index (χ3n) is 4.48. The molecule has 1 heterocycles. The van der Waals surface area contributed by atoms with Crippen LogP contribution in [0.25, 0.3) is 10.9 Å². The largest absolute Gasteiger partial charge is 0.486 e. The van der Waals surface area contributed by atoms with Crippen molar-refractivity contribution < 1.29 is 14.5 Å². The number of aromatic nitrogens is 1. The van der Waals surface area contributed by atoms with E-state index in [0.29, 0.717) is 22.2 Å². The number of ether oxygens (including phenoxy) is 1. The Morgan fingerprint density at radius 1 is 1.17 bits per heavy atom. The molecule has 0 radical (unpaired) electrons. The van der Waals surface area contributed by atoms with Gasteiger partial charge < -0.3 is 10.1 Å². The van der Waals surface area contributed by atoms with Gasteiger partial charge in [-0.2, -0.15) is 0 Å². The van der Waals surface area contributed by atoms with Crippen LogP contribution >= 0.6 is 0 Å². The lowest BCUT2D eigenvalue weighted by atomic mass is 9.95. The number of nitro benzene ring substituents is 1. The van der Waals surface area contributed by atoms with E-state index in [2.05, 4.69) is 10.3 Å². The predicted octanol–water partition coefficient (Wildman–Crippen LogP) is 4.38. The Labute approximate surface area is 168 Å². The molecule has 0 atom stereocenters. The minimum atomic E-state index is -0.596. The van der Waals surface area contributed by atoms with Crippen molar-refractivity contribution in [1.29, 1.82) is 0 Å². The fraction of sp³-hybridized carbons (Fsp3) is 0.273. The van der Waals surface area contributed by atoms with Crippen molar-refractivity contribution in [3.8, 4) is 5.75 Å². The van der Waals surface area contributed by atoms with Crippen molar-refractivity contribution in [2.75, 3.05) is 0 Å². The number of carbonyl (C=O) groups excluding carboxylic acids is 1. The van der Waals surface area contributed by atoms with E-state index >= 15 is 0 Å². The highest BCUT2D eigenvalue weighted by Crippen LogP contribution is 2.35. The number of hydrogen-bond donors (Lipinski definition) is 1. The van der Waals surface area contributed by atoms with Crippen LogP contribution in [0.15, 0.2) is 54.7 Å². The molecule has 0 bridgehead atoms. The molecule has 1 amide bonds. The van der Waals surface area contributed by atoms with Crippen molar-refractivity contribution in [3.05, 3.63) is 76.0 Å². The fourth-order valence-corrected chi connectivity index (χ4v) is 2.89. The van der Waals surface area contributed by atoms with Crippen LogP contribution in [0.1, 0.15) is 31.9 Å². The zero-order valence-electron chi connectivity index (χ0n) is 16.6. The third kappa shape index (κ3) is 4.68. The Kier molecular flexibility index (Phi) is 5.77. The number of hydrogen-bond acceptors (Lipinski definition) is 5. The summed E-state index contributed by atoms with van der Waals surface area (Å²) in [5.74, 6) is 0.148. The van der Waals surface area contributed by atoms with Crippen molar-refractivity contribution >= 4 is 22.5 Å². The number of nitrogens with zero attached hydrogens (tertiary/aromatic N) is 2. The molecule has 0 spiro atoms. The van der Waals surface area contributed by atoms with Crippen LogP contribution in [0.5, 0.6) is 5.75 Å². The van der Waals surface area contributed by atoms with Crippen LogP contribution in [-0.4, -0.2) is 15.8 Å². The first-order chi connectivity index (χ1) is 13.8. The first-order valence-electron chi connectivity index (χ1n) is 9.27. The fourth-order valence-electron chi connectivity index (χ4n) is 2.89. The summed E-state index contributed by atoms with van der Waals surface area (Å²) in [5, 5.41) is 15.1. The summed E-state index contributed by atoms with van der Waals surface area (Å²) < 4.78 is 5.88. The Balaban J connectivity index is 2.00. The second-order valence-corrected chi connectivity index (χ2v) is 7.74. The van der Waals surface area contributed by atoms with E-state index in [9.17, 15) is 14.9 Å². The maximum atomic E-state index is 12.3. The van der Waals surface area contributed by atoms with Gasteiger partial charge in [0.05, 0.1) is 23.1 Å². The zero-order valence-corrected chi connectivity index (χ0v) is 16.6. The SMILES string of the molecule is CC(C)(C)C(=O)NCc1c([N+](=O)[O-])cc(OCc2ccccc2)c2ncccc12. The molecule has 0 unspecified atom stereocenters. The van der Waals surface area contributed by atoms with Crippen LogP contribution in [0.4, 0.5) is 5.69 Å². The van der Waals surface area contributed by atoms with Crippen LogP contribution in [-0.2, 0) is 17.9 Å². The minimum Gasteiger partial charge on any atom is -0.486 e. The summed E-state index contributed by atoms with van der Waals surface area (Å²) in [4.78, 5) is 27.9. The van der Waals surface area contributed by atoms with Crippen molar-refractivity contribution in [3.63, 3.8) is 0 Å². The number of pyridine rings is 1. The molecule has 1 N–H and O–H groups in total. The Morgan fingerprint density at radius 3 is 2.55 bits per heavy atom. The highest BCUT2D eigenvalue weighted by atomic mass is 16.6. The summed E-state index contributed by atoms with van der Waals surface area (Å²) >= 11 is 0. The highest BCUT2D eigenvalue weighted by molar-refractivity contribution is 5.91. The molecule has 3 rings (SSSR count). The van der Waals surface area contributed by atoms with Crippen LogP contribution in [0.3, 0.4) is 0 Å². The second kappa shape index (κ2) is 8.26. The van der Waals surface area contributed by atoms with Crippen LogP contribution < -0.4 is 10.1 Å². The molecule has 0 aliphatic carbocycles. The number of benzene rings is 2. The summed E-state index contributed by atoms with van der Waals surface area (Å²) in [6, 6.07) is 14.4. The average molecular weight is 393 g/mol. The van der Waals surface area contributed by atoms with Crippen molar-refractivity contribution in [2.45, 2.75) is 33.9 Å². The van der Waals surface area contributed by atoms with Gasteiger partial charge in [0.2, 0.25) is 5.91 Å². The van der Waals surface area contributed by atoms with Crippen molar-refractivity contribution in [1.82, 2.24) is 10.3 Å². The average Bonchev–Trinajstić information content (AvgIpc) is 2.70. The predicted molar refractivity (Wildman–Crippen MR) is 110 cm³/mol. The first kappa shape index (κ1) is 20.3. The summed E-state index contributed by atoms with van der Waals surface area (Å²) in [6.45, 7) is 5.67. The molecule has 29 heavy (non-hydrogen) atoms. The van der Waals surface area contributed by atoms with E-state index in [0.717, 1.165) is 5.56 Å². The smallest absolute Gasteiger partial charge is 0.278 e. The maximum Gasteiger partial charge on any atom is 0.278 e. The number of nitrogens with one attached hydrogen (secondary N) is 1. The Hall–Kier alpha value is -3.48. The maximum absolute atomic E-state index is 12.3. The summed E-state index contributed by atoms with van der Waals surface area (Å²) in [7, 11) is 0. The molecular weight excluding hydrogens is 370 g/mol. The number of nitro groups is 1. The molecule has 150 valence electrons. The van der Waals surface area contributed by atoms with Gasteiger partial charge in [0.25, 0.3) is 5.69 Å². The van der Waals surface area contributed by atoms with Crippen molar-refractivity contribution in [2.24, 2.45) is 5.41 Å². The van der Waals surface area contributed by atoms with Gasteiger partial charge in [-0.15, -0.1) is 0 Å². The van der Waals surface area contributed by atoms with Gasteiger partial charge in [-0.05, 0) is 11.6 Å². The molecule has 7 nitrogen and oxygen atoms in total. The van der Waals surface area contributed by atoms with Gasteiger partial charge in [0.15, 0.2) is 5.75 Å². The molecular formula is C22H23N3O4. The topological polar surface area (TPSA) is 94.4 Å². The number of carbonyl (C=O) groups is 1. The third-order valence-corrected chi connectivity index (χ3v) is 4.48. The summed E-state index contributed by atoms with van der Waals surface area (Å²) in [6.07, 6.45) is 1.61. The molecule has 1 aromatic heterocycles. The lowest BCUT2D eigenvalue weighted by molar-refractivity contribution is -0.385. The van der Waals surface area contributed by atoms with Gasteiger partial charge in [0, 0.05) is 17.0 Å². The minimum absolute atomic E-state index is 0.0353. The molecule has 7 heteroatoms. The molecule has 0 saturated carbocycles. The molecule has 0 saturated heterocycles. The van der Waals surface area contributed by atoms with Gasteiger partial charge >= 0.3 is 0 Å². The number of rotatable bonds is 6. The quantitative estimate of drug-likeness (QED) is 0.495. The standard InChI is InChI=1S/C22H23N3O4/c1-22(2,3)21(26)24-13-17-16-10-7-11-23-20(16)19(12-18(17)25(27)28)29-14-15-8-5-4-6-9-15/h4-12H,13-14H2,1-3H3,(H,24,26). The summed E-state index contributed by atoms with van der Waals surface area (Å²) in [5.41, 5.74) is 1.17. The van der Waals surface area contributed by atoms with E-state index in [1.54, 1.807) is 39.1 Å². The molecule has 3 aromatic rings. The Bertz CT molecular complexity index is 1040. The van der Waals surface area contributed by atoms with Gasteiger partial charge in [-0.3, -0.25) is 19.9 Å². The lowest BCUT2D eigenvalue weighted by Crippen LogP contribution is -2.34. The van der Waals surface area contributed by atoms with Gasteiger partial charge in [-0.1, -0.05) is 57.2 Å². The van der Waals surface area contributed by atoms with E-state index in [4.69, 9.17) is 4.74 Å². The monoisotopic (exact) mass is 393 g/mol. The van der Waals surface area contributed by atoms with Gasteiger partial charge in [0.1, 0.15) is 12.1 Å². The normalized spacial score (nSPS) is 11.3. The molecule has 2 aromatic carbocycles. The van der Waals surface area contributed by atoms with E-state index in [-0.39, 0.29) is 24.7 Å².